The summed E-state index contributed by atoms with van der Waals surface area (Å²) < 4.78 is 5.12. The van der Waals surface area contributed by atoms with E-state index in [1.165, 1.54) is 0 Å². The van der Waals surface area contributed by atoms with Crippen LogP contribution in [0, 0.1) is 0 Å². The van der Waals surface area contributed by atoms with Crippen molar-refractivity contribution in [3.8, 4) is 0 Å². The molecule has 1 heterocycles. The fourth-order valence-corrected chi connectivity index (χ4v) is 0.787. The van der Waals surface area contributed by atoms with Gasteiger partial charge in [0, 0.05) is 13.1 Å². The summed E-state index contributed by atoms with van der Waals surface area (Å²) in [4.78, 5) is 0. The third-order valence-electron chi connectivity index (χ3n) is 1.33. The van der Waals surface area contributed by atoms with Gasteiger partial charge in [0.05, 0.1) is 13.2 Å². The maximum Gasteiger partial charge on any atom is 0.0608 e. The van der Waals surface area contributed by atoms with Gasteiger partial charge in [0.15, 0.2) is 0 Å². The molecule has 1 aliphatic rings. The van der Waals surface area contributed by atoms with Gasteiger partial charge in [0.25, 0.3) is 0 Å². The van der Waals surface area contributed by atoms with E-state index in [0.717, 1.165) is 26.3 Å². The lowest BCUT2D eigenvalue weighted by Gasteiger charge is -2.24. The van der Waals surface area contributed by atoms with Crippen LogP contribution in [0.4, 0.5) is 0 Å². The maximum absolute atomic E-state index is 5.12. The van der Waals surface area contributed by atoms with Gasteiger partial charge in [0.2, 0.25) is 0 Å². The average molecular weight is 132 g/mol. The zero-order valence-electron chi connectivity index (χ0n) is 5.18. The second-order valence-electron chi connectivity index (χ2n) is 1.82. The Morgan fingerprint density at radius 3 is 2.22 bits per heavy atom. The van der Waals surface area contributed by atoms with E-state index in [0.29, 0.717) is 0 Å². The fourth-order valence-electron chi connectivity index (χ4n) is 0.787. The average Bonchev–Trinajstić information content (AvgIpc) is 1.90. The number of hydrogen-bond donors (Lipinski definition) is 1. The van der Waals surface area contributed by atoms with Gasteiger partial charge in [-0.1, -0.05) is 7.43 Å². The third kappa shape index (κ3) is 2.79. The molecule has 0 aromatic heterocycles. The normalized spacial score (nSPS) is 21.0. The molecule has 3 heteroatoms. The predicted octanol–water partition coefficient (Wildman–Crippen LogP) is 0.0891. The quantitative estimate of drug-likeness (QED) is 0.547. The first kappa shape index (κ1) is 8.88. The second-order valence-corrected chi connectivity index (χ2v) is 1.82. The molecule has 3 nitrogen and oxygen atoms in total. The van der Waals surface area contributed by atoms with Crippen molar-refractivity contribution in [3.63, 3.8) is 0 Å². The first-order valence-electron chi connectivity index (χ1n) is 2.93. The molecule has 1 fully saturated rings. The van der Waals surface area contributed by atoms with Crippen molar-refractivity contribution in [2.24, 2.45) is 0 Å². The van der Waals surface area contributed by atoms with Crippen molar-refractivity contribution in [1.29, 1.82) is 0 Å². The number of hydrogen-bond acceptors (Lipinski definition) is 3. The summed E-state index contributed by atoms with van der Waals surface area (Å²) in [6.45, 7) is 3.74. The van der Waals surface area contributed by atoms with Gasteiger partial charge in [-0.3, -0.25) is 5.43 Å². The predicted molar refractivity (Wildman–Crippen MR) is 38.2 cm³/mol. The Balaban J connectivity index is 0.000000640. The Morgan fingerprint density at radius 1 is 1.33 bits per heavy atom. The lowest BCUT2D eigenvalue weighted by Crippen LogP contribution is -2.43. The van der Waals surface area contributed by atoms with Gasteiger partial charge in [-0.15, -0.1) is 0 Å². The Hall–Kier alpha value is -0.120. The van der Waals surface area contributed by atoms with Gasteiger partial charge in [-0.2, -0.15) is 0 Å². The van der Waals surface area contributed by atoms with Crippen molar-refractivity contribution in [2.45, 2.75) is 7.43 Å². The van der Waals surface area contributed by atoms with Crippen LogP contribution in [0.25, 0.3) is 0 Å². The Kier molecular flexibility index (Phi) is 4.67. The number of nitrogens with one attached hydrogen (secondary N) is 1. The smallest absolute Gasteiger partial charge is 0.0608 e. The lowest BCUT2D eigenvalue weighted by molar-refractivity contribution is 0.0171. The molecule has 9 heavy (non-hydrogen) atoms. The molecule has 0 unspecified atom stereocenters. The molecule has 0 aromatic carbocycles. The molecule has 0 amide bonds. The molecule has 0 radical (unpaired) electrons. The monoisotopic (exact) mass is 132 g/mol. The number of ether oxygens (including phenoxy) is 1. The maximum atomic E-state index is 5.12. The zero-order chi connectivity index (χ0) is 5.82. The molecule has 0 bridgehead atoms. The summed E-state index contributed by atoms with van der Waals surface area (Å²) in [7, 11) is 1.94. The zero-order valence-corrected chi connectivity index (χ0v) is 5.18. The highest BCUT2D eigenvalue weighted by molar-refractivity contribution is 4.53. The van der Waals surface area contributed by atoms with Crippen molar-refractivity contribution in [2.75, 3.05) is 33.4 Å². The summed E-state index contributed by atoms with van der Waals surface area (Å²) in [6.07, 6.45) is 0. The molecule has 0 aromatic rings. The van der Waals surface area contributed by atoms with Crippen LogP contribution >= 0.6 is 0 Å². The fraction of sp³-hybridized carbons (Fsp3) is 1.00. The van der Waals surface area contributed by atoms with Crippen molar-refractivity contribution >= 4 is 0 Å². The van der Waals surface area contributed by atoms with Gasteiger partial charge < -0.3 is 4.74 Å². The van der Waals surface area contributed by atoms with Crippen LogP contribution in [0.5, 0.6) is 0 Å². The van der Waals surface area contributed by atoms with E-state index in [9.17, 15) is 0 Å². The number of morpholine rings is 1. The van der Waals surface area contributed by atoms with Gasteiger partial charge in [-0.25, -0.2) is 5.01 Å². The van der Waals surface area contributed by atoms with Crippen LogP contribution < -0.4 is 5.43 Å². The van der Waals surface area contributed by atoms with Crippen LogP contribution in [-0.2, 0) is 4.74 Å². The number of nitrogens with zero attached hydrogens (tertiary/aromatic N) is 1. The van der Waals surface area contributed by atoms with E-state index in [1.54, 1.807) is 0 Å². The van der Waals surface area contributed by atoms with E-state index in [1.807, 2.05) is 7.05 Å². The Morgan fingerprint density at radius 2 is 1.89 bits per heavy atom. The largest absolute Gasteiger partial charge is 0.379 e. The molecular formula is C6H16N2O. The second kappa shape index (κ2) is 4.73. The van der Waals surface area contributed by atoms with Gasteiger partial charge >= 0.3 is 0 Å². The standard InChI is InChI=1S/C5H12N2O.CH4/c1-6-7-2-4-8-5-3-7;/h6H,2-5H2,1H3;1H4. The summed E-state index contributed by atoms with van der Waals surface area (Å²) in [5.41, 5.74) is 3.06. The Labute approximate surface area is 57.0 Å². The summed E-state index contributed by atoms with van der Waals surface area (Å²) in [5, 5.41) is 2.14. The van der Waals surface area contributed by atoms with Crippen LogP contribution in [0.3, 0.4) is 0 Å². The topological polar surface area (TPSA) is 24.5 Å². The summed E-state index contributed by atoms with van der Waals surface area (Å²) in [5.74, 6) is 0. The minimum atomic E-state index is 0. The summed E-state index contributed by atoms with van der Waals surface area (Å²) >= 11 is 0. The van der Waals surface area contributed by atoms with Crippen molar-refractivity contribution in [3.05, 3.63) is 0 Å². The lowest BCUT2D eigenvalue weighted by atomic mass is 10.5. The molecule has 0 saturated carbocycles. The molecular weight excluding hydrogens is 116 g/mol. The van der Waals surface area contributed by atoms with Gasteiger partial charge in [0.1, 0.15) is 0 Å². The van der Waals surface area contributed by atoms with Crippen LogP contribution in [-0.4, -0.2) is 38.4 Å². The molecule has 56 valence electrons. The molecule has 1 saturated heterocycles. The molecule has 0 spiro atoms. The first-order chi connectivity index (χ1) is 3.93. The number of hydrazine groups is 1. The van der Waals surface area contributed by atoms with E-state index < -0.39 is 0 Å². The highest BCUT2D eigenvalue weighted by Crippen LogP contribution is 1.89. The van der Waals surface area contributed by atoms with E-state index in [2.05, 4.69) is 10.4 Å². The first-order valence-corrected chi connectivity index (χ1v) is 2.93. The van der Waals surface area contributed by atoms with Crippen LogP contribution in [0.1, 0.15) is 7.43 Å². The van der Waals surface area contributed by atoms with E-state index in [-0.39, 0.29) is 7.43 Å². The minimum Gasteiger partial charge on any atom is -0.379 e. The highest BCUT2D eigenvalue weighted by Gasteiger charge is 2.05. The molecule has 1 N–H and O–H groups in total. The van der Waals surface area contributed by atoms with E-state index >= 15 is 0 Å². The Bertz CT molecular complexity index is 62.1. The van der Waals surface area contributed by atoms with Crippen molar-refractivity contribution < 1.29 is 4.74 Å². The molecule has 1 rings (SSSR count). The van der Waals surface area contributed by atoms with Gasteiger partial charge in [-0.05, 0) is 7.05 Å². The van der Waals surface area contributed by atoms with Crippen molar-refractivity contribution in [1.82, 2.24) is 10.4 Å². The van der Waals surface area contributed by atoms with E-state index in [4.69, 9.17) is 4.74 Å². The van der Waals surface area contributed by atoms with Crippen LogP contribution in [0.15, 0.2) is 0 Å². The minimum absolute atomic E-state index is 0. The summed E-state index contributed by atoms with van der Waals surface area (Å²) in [6, 6.07) is 0. The SMILES string of the molecule is C.CNN1CCOCC1. The third-order valence-corrected chi connectivity index (χ3v) is 1.33. The van der Waals surface area contributed by atoms with Crippen LogP contribution in [0.2, 0.25) is 0 Å². The highest BCUT2D eigenvalue weighted by atomic mass is 16.5. The molecule has 0 atom stereocenters. The number of rotatable bonds is 1. The molecule has 1 aliphatic heterocycles. The molecule has 0 aliphatic carbocycles.